The predicted octanol–water partition coefficient (Wildman–Crippen LogP) is 2.09. The highest BCUT2D eigenvalue weighted by molar-refractivity contribution is 5.96. The van der Waals surface area contributed by atoms with Crippen LogP contribution in [0.25, 0.3) is 0 Å². The van der Waals surface area contributed by atoms with Crippen LogP contribution in [0.3, 0.4) is 0 Å². The molecule has 1 aromatic carbocycles. The highest BCUT2D eigenvalue weighted by atomic mass is 16.6. The van der Waals surface area contributed by atoms with Gasteiger partial charge in [0.1, 0.15) is 13.2 Å². The number of carbonyl (C=O) groups excluding carboxylic acids is 1. The Hall–Kier alpha value is -2.44. The van der Waals surface area contributed by atoms with Gasteiger partial charge in [-0.1, -0.05) is 13.8 Å². The molecule has 0 aliphatic carbocycles. The maximum atomic E-state index is 12.6. The summed E-state index contributed by atoms with van der Waals surface area (Å²) in [5.41, 5.74) is -0.544. The Balaban J connectivity index is 2.30. The molecule has 1 aliphatic heterocycles. The second-order valence-corrected chi connectivity index (χ2v) is 6.30. The molecular formula is C17H23NO6. The summed E-state index contributed by atoms with van der Waals surface area (Å²) < 4.78 is 16.3. The average Bonchev–Trinajstić information content (AvgIpc) is 2.52. The minimum Gasteiger partial charge on any atom is -0.493 e. The van der Waals surface area contributed by atoms with Crippen molar-refractivity contribution >= 4 is 11.9 Å². The zero-order chi connectivity index (χ0) is 17.9. The minimum absolute atomic E-state index is 0.0587. The van der Waals surface area contributed by atoms with Crippen molar-refractivity contribution in [2.45, 2.75) is 32.7 Å². The van der Waals surface area contributed by atoms with Crippen LogP contribution in [0.5, 0.6) is 17.2 Å². The smallest absolute Gasteiger partial charge is 0.305 e. The fraction of sp³-hybridized carbons (Fsp3) is 0.529. The van der Waals surface area contributed by atoms with Gasteiger partial charge in [-0.3, -0.25) is 9.59 Å². The number of rotatable bonds is 6. The van der Waals surface area contributed by atoms with Crippen LogP contribution in [0.4, 0.5) is 0 Å². The van der Waals surface area contributed by atoms with Gasteiger partial charge in [0.25, 0.3) is 5.91 Å². The molecule has 1 aliphatic rings. The highest BCUT2D eigenvalue weighted by Gasteiger charge is 2.33. The summed E-state index contributed by atoms with van der Waals surface area (Å²) in [6.45, 7) is 6.27. The molecule has 1 heterocycles. The summed E-state index contributed by atoms with van der Waals surface area (Å²) in [6.07, 6.45) is -0.169. The van der Waals surface area contributed by atoms with E-state index in [0.29, 0.717) is 36.0 Å². The molecule has 0 bridgehead atoms. The van der Waals surface area contributed by atoms with E-state index in [1.54, 1.807) is 19.1 Å². The van der Waals surface area contributed by atoms with Crippen LogP contribution in [-0.2, 0) is 4.79 Å². The lowest BCUT2D eigenvalue weighted by atomic mass is 9.85. The second-order valence-electron chi connectivity index (χ2n) is 6.30. The van der Waals surface area contributed by atoms with Crippen LogP contribution >= 0.6 is 0 Å². The van der Waals surface area contributed by atoms with Crippen LogP contribution < -0.4 is 19.5 Å². The lowest BCUT2D eigenvalue weighted by Crippen LogP contribution is -2.51. The molecule has 0 spiro atoms. The number of ether oxygens (including phenoxy) is 3. The molecule has 24 heavy (non-hydrogen) atoms. The largest absolute Gasteiger partial charge is 0.493 e. The molecule has 1 amide bonds. The summed E-state index contributed by atoms with van der Waals surface area (Å²) in [7, 11) is 1.48. The average molecular weight is 337 g/mol. The van der Waals surface area contributed by atoms with Gasteiger partial charge in [0.05, 0.1) is 19.1 Å². The number of carbonyl (C=O) groups is 2. The third kappa shape index (κ3) is 3.72. The Labute approximate surface area is 140 Å². The molecule has 1 atom stereocenters. The number of carboxylic acid groups (broad SMARTS) is 1. The molecule has 1 unspecified atom stereocenters. The molecule has 0 aromatic heterocycles. The van der Waals surface area contributed by atoms with Gasteiger partial charge in [0, 0.05) is 5.56 Å². The first-order valence-electron chi connectivity index (χ1n) is 7.79. The molecule has 0 radical (unpaired) electrons. The molecule has 1 aromatic rings. The fourth-order valence-electron chi connectivity index (χ4n) is 2.44. The molecule has 0 fully saturated rings. The summed E-state index contributed by atoms with van der Waals surface area (Å²) in [4.78, 5) is 23.8. The first-order valence-corrected chi connectivity index (χ1v) is 7.79. The van der Waals surface area contributed by atoms with Crippen molar-refractivity contribution in [3.8, 4) is 17.2 Å². The maximum Gasteiger partial charge on any atom is 0.305 e. The van der Waals surface area contributed by atoms with Crippen molar-refractivity contribution in [2.75, 3.05) is 20.3 Å². The zero-order valence-electron chi connectivity index (χ0n) is 14.3. The third-order valence-corrected chi connectivity index (χ3v) is 4.28. The van der Waals surface area contributed by atoms with Gasteiger partial charge in [0.15, 0.2) is 11.5 Å². The van der Waals surface area contributed by atoms with Gasteiger partial charge in [-0.25, -0.2) is 0 Å². The lowest BCUT2D eigenvalue weighted by Gasteiger charge is -2.33. The normalized spacial score (nSPS) is 15.5. The van der Waals surface area contributed by atoms with E-state index >= 15 is 0 Å². The number of carboxylic acids is 1. The van der Waals surface area contributed by atoms with Crippen LogP contribution in [0.1, 0.15) is 37.6 Å². The Morgan fingerprint density at radius 3 is 2.58 bits per heavy atom. The first-order chi connectivity index (χ1) is 11.3. The third-order valence-electron chi connectivity index (χ3n) is 4.28. The van der Waals surface area contributed by atoms with E-state index in [1.165, 1.54) is 7.11 Å². The number of methoxy groups -OCH3 is 1. The van der Waals surface area contributed by atoms with E-state index in [1.807, 2.05) is 13.8 Å². The van der Waals surface area contributed by atoms with Crippen LogP contribution in [0.2, 0.25) is 0 Å². The molecule has 0 saturated heterocycles. The quantitative estimate of drug-likeness (QED) is 0.825. The van der Waals surface area contributed by atoms with E-state index in [0.717, 1.165) is 0 Å². The van der Waals surface area contributed by atoms with Crippen molar-refractivity contribution in [1.82, 2.24) is 5.32 Å². The van der Waals surface area contributed by atoms with Crippen molar-refractivity contribution in [1.29, 1.82) is 0 Å². The monoisotopic (exact) mass is 337 g/mol. The Kier molecular flexibility index (Phi) is 5.21. The van der Waals surface area contributed by atoms with Gasteiger partial charge < -0.3 is 24.6 Å². The number of hydrogen-bond acceptors (Lipinski definition) is 5. The SMILES string of the molecule is COc1cc(C(=O)NC(C)(CC(=O)O)C(C)C)cc2c1OCCO2. The van der Waals surface area contributed by atoms with Crippen molar-refractivity contribution in [3.63, 3.8) is 0 Å². The van der Waals surface area contributed by atoms with Crippen molar-refractivity contribution < 1.29 is 28.9 Å². The number of hydrogen-bond donors (Lipinski definition) is 2. The molecule has 7 nitrogen and oxygen atoms in total. The van der Waals surface area contributed by atoms with E-state index in [9.17, 15) is 9.59 Å². The topological polar surface area (TPSA) is 94.1 Å². The van der Waals surface area contributed by atoms with E-state index in [2.05, 4.69) is 5.32 Å². The number of amides is 1. The molecular weight excluding hydrogens is 314 g/mol. The van der Waals surface area contributed by atoms with Gasteiger partial charge in [-0.2, -0.15) is 0 Å². The molecule has 0 saturated carbocycles. The fourth-order valence-corrected chi connectivity index (χ4v) is 2.44. The number of fused-ring (bicyclic) bond motifs is 1. The van der Waals surface area contributed by atoms with Crippen LogP contribution in [0.15, 0.2) is 12.1 Å². The Morgan fingerprint density at radius 1 is 1.33 bits per heavy atom. The number of aliphatic carboxylic acids is 1. The summed E-state index contributed by atoms with van der Waals surface area (Å²) in [5.74, 6) is -0.0971. The molecule has 2 N–H and O–H groups in total. The van der Waals surface area contributed by atoms with Crippen LogP contribution in [-0.4, -0.2) is 42.8 Å². The predicted molar refractivity (Wildman–Crippen MR) is 86.9 cm³/mol. The maximum absolute atomic E-state index is 12.6. The summed E-state index contributed by atoms with van der Waals surface area (Å²) in [5, 5.41) is 11.9. The first kappa shape index (κ1) is 17.9. The Bertz CT molecular complexity index is 625. The summed E-state index contributed by atoms with van der Waals surface area (Å²) >= 11 is 0. The standard InChI is InChI=1S/C17H23NO6/c1-10(2)17(3,9-14(19)20)18-16(21)11-7-12(22-4)15-13(8-11)23-5-6-24-15/h7-8,10H,5-6,9H2,1-4H3,(H,18,21)(H,19,20). The second kappa shape index (κ2) is 6.98. The Morgan fingerprint density at radius 2 is 2.00 bits per heavy atom. The molecule has 7 heteroatoms. The van der Waals surface area contributed by atoms with Gasteiger partial charge in [0.2, 0.25) is 5.75 Å². The van der Waals surface area contributed by atoms with Gasteiger partial charge >= 0.3 is 5.97 Å². The highest BCUT2D eigenvalue weighted by Crippen LogP contribution is 2.40. The van der Waals surface area contributed by atoms with Crippen molar-refractivity contribution in [3.05, 3.63) is 17.7 Å². The lowest BCUT2D eigenvalue weighted by molar-refractivity contribution is -0.138. The van der Waals surface area contributed by atoms with Crippen molar-refractivity contribution in [2.24, 2.45) is 5.92 Å². The van der Waals surface area contributed by atoms with E-state index < -0.39 is 11.5 Å². The summed E-state index contributed by atoms with van der Waals surface area (Å²) in [6, 6.07) is 3.14. The van der Waals surface area contributed by atoms with E-state index in [-0.39, 0.29) is 18.2 Å². The number of nitrogens with one attached hydrogen (secondary N) is 1. The number of benzene rings is 1. The molecule has 132 valence electrons. The van der Waals surface area contributed by atoms with Gasteiger partial charge in [-0.15, -0.1) is 0 Å². The zero-order valence-corrected chi connectivity index (χ0v) is 14.3. The molecule has 2 rings (SSSR count). The minimum atomic E-state index is -0.966. The van der Waals surface area contributed by atoms with Crippen LogP contribution in [0, 0.1) is 5.92 Å². The van der Waals surface area contributed by atoms with Gasteiger partial charge in [-0.05, 0) is 25.0 Å². The van der Waals surface area contributed by atoms with E-state index in [4.69, 9.17) is 19.3 Å².